The average Bonchev–Trinajstić information content (AvgIpc) is 2.52. The minimum Gasteiger partial charge on any atom is -0.394 e. The van der Waals surface area contributed by atoms with Crippen LogP contribution in [-0.2, 0) is 19.4 Å². The van der Waals surface area contributed by atoms with Gasteiger partial charge in [-0.05, 0) is 6.42 Å². The summed E-state index contributed by atoms with van der Waals surface area (Å²) >= 11 is 0.594. The minimum absolute atomic E-state index is 0.139. The maximum absolute atomic E-state index is 10.6. The lowest BCUT2D eigenvalue weighted by atomic mass is 10.0. The van der Waals surface area contributed by atoms with Crippen LogP contribution in [0.3, 0.4) is 0 Å². The molecule has 1 aliphatic rings. The van der Waals surface area contributed by atoms with Gasteiger partial charge < -0.3 is 30.3 Å². The van der Waals surface area contributed by atoms with Crippen molar-refractivity contribution in [3.8, 4) is 0 Å². The number of oxime groups is 1. The van der Waals surface area contributed by atoms with Crippen molar-refractivity contribution in [1.82, 2.24) is 0 Å². The number of ether oxygens (including phenoxy) is 1. The van der Waals surface area contributed by atoms with Crippen molar-refractivity contribution in [1.29, 1.82) is 0 Å². The molecule has 0 aromatic rings. The summed E-state index contributed by atoms with van der Waals surface area (Å²) in [5.41, 5.74) is -1.25. The highest BCUT2D eigenvalue weighted by molar-refractivity contribution is 8.14. The van der Waals surface area contributed by atoms with Crippen molar-refractivity contribution in [3.05, 3.63) is 12.7 Å². The van der Waals surface area contributed by atoms with E-state index in [1.165, 1.54) is 6.08 Å². The molecular formula is C12H21NO10S2. The first-order valence-electron chi connectivity index (χ1n) is 7.08. The molecular weight excluding hydrogens is 382 g/mol. The van der Waals surface area contributed by atoms with Crippen LogP contribution in [0, 0.1) is 0 Å². The zero-order valence-electron chi connectivity index (χ0n) is 12.9. The van der Waals surface area contributed by atoms with Gasteiger partial charge in [-0.25, -0.2) is 4.28 Å². The van der Waals surface area contributed by atoms with Crippen LogP contribution in [-0.4, -0.2) is 86.1 Å². The van der Waals surface area contributed by atoms with Gasteiger partial charge in [0.25, 0.3) is 0 Å². The number of thioether (sulfide) groups is 1. The summed E-state index contributed by atoms with van der Waals surface area (Å²) in [6.07, 6.45) is -5.67. The molecule has 0 aromatic heterocycles. The normalized spacial score (nSPS) is 32.2. The summed E-state index contributed by atoms with van der Waals surface area (Å²) in [5.74, 6) is 0. The molecule has 0 saturated carbocycles. The second kappa shape index (κ2) is 9.80. The van der Waals surface area contributed by atoms with Crippen LogP contribution in [0.1, 0.15) is 12.8 Å². The Bertz CT molecular complexity index is 566. The molecule has 6 atom stereocenters. The van der Waals surface area contributed by atoms with E-state index in [-0.39, 0.29) is 17.9 Å². The van der Waals surface area contributed by atoms with Gasteiger partial charge in [0, 0.05) is 6.42 Å². The molecule has 6 N–H and O–H groups in total. The molecule has 1 fully saturated rings. The molecule has 13 heteroatoms. The van der Waals surface area contributed by atoms with Gasteiger partial charge in [0.05, 0.1) is 12.7 Å². The van der Waals surface area contributed by atoms with Gasteiger partial charge >= 0.3 is 10.4 Å². The van der Waals surface area contributed by atoms with Gasteiger partial charge in [-0.15, -0.1) is 6.58 Å². The molecule has 0 spiro atoms. The average molecular weight is 403 g/mol. The second-order valence-electron chi connectivity index (χ2n) is 5.18. The fourth-order valence-corrected chi connectivity index (χ4v) is 3.34. The third-order valence-corrected chi connectivity index (χ3v) is 4.58. The first-order valence-corrected chi connectivity index (χ1v) is 9.32. The van der Waals surface area contributed by atoms with Crippen molar-refractivity contribution in [2.45, 2.75) is 48.8 Å². The van der Waals surface area contributed by atoms with Crippen LogP contribution in [0.25, 0.3) is 0 Å². The smallest absolute Gasteiger partial charge is 0.394 e. The zero-order chi connectivity index (χ0) is 19.2. The van der Waals surface area contributed by atoms with Gasteiger partial charge in [0.15, 0.2) is 0 Å². The monoisotopic (exact) mass is 403 g/mol. The Morgan fingerprint density at radius 2 is 1.96 bits per heavy atom. The molecule has 146 valence electrons. The molecule has 0 aliphatic carbocycles. The molecule has 0 unspecified atom stereocenters. The number of aliphatic hydroxyl groups is 5. The van der Waals surface area contributed by atoms with Crippen molar-refractivity contribution in [2.75, 3.05) is 6.61 Å². The first kappa shape index (κ1) is 22.3. The highest BCUT2D eigenvalue weighted by Gasteiger charge is 2.44. The van der Waals surface area contributed by atoms with Crippen LogP contribution in [0.15, 0.2) is 17.8 Å². The lowest BCUT2D eigenvalue weighted by molar-refractivity contribution is -0.205. The quantitative estimate of drug-likeness (QED) is 0.0863. The molecule has 0 radical (unpaired) electrons. The molecule has 1 saturated heterocycles. The SMILES string of the molecule is C=CC[C@H](O)C/C(=N/OS(=O)(=O)O)S[C@@H]1O[C@H](CO)[C@H](O)[C@@H](O)[C@H]1O. The number of hydrogen-bond acceptors (Lipinski definition) is 11. The second-order valence-corrected chi connectivity index (χ2v) is 7.36. The lowest BCUT2D eigenvalue weighted by Gasteiger charge is -2.39. The molecule has 1 heterocycles. The maximum atomic E-state index is 10.6. The third kappa shape index (κ3) is 7.16. The Balaban J connectivity index is 2.92. The highest BCUT2D eigenvalue weighted by atomic mass is 32.3. The molecule has 0 aromatic carbocycles. The fraction of sp³-hybridized carbons (Fsp3) is 0.750. The van der Waals surface area contributed by atoms with E-state index in [2.05, 4.69) is 16.0 Å². The molecule has 0 bridgehead atoms. The van der Waals surface area contributed by atoms with Gasteiger partial charge in [-0.2, -0.15) is 8.42 Å². The Labute approximate surface area is 148 Å². The number of hydrogen-bond donors (Lipinski definition) is 6. The molecule has 25 heavy (non-hydrogen) atoms. The van der Waals surface area contributed by atoms with Crippen LogP contribution < -0.4 is 0 Å². The van der Waals surface area contributed by atoms with Crippen LogP contribution in [0.5, 0.6) is 0 Å². The summed E-state index contributed by atoms with van der Waals surface area (Å²) in [6.45, 7) is 2.79. The maximum Gasteiger partial charge on any atom is 0.466 e. The summed E-state index contributed by atoms with van der Waals surface area (Å²) in [4.78, 5) is 0. The molecule has 11 nitrogen and oxygen atoms in total. The summed E-state index contributed by atoms with van der Waals surface area (Å²) in [7, 11) is -4.89. The van der Waals surface area contributed by atoms with E-state index in [1.807, 2.05) is 0 Å². The standard InChI is InChI=1S/C12H21NO10S2/c1-2-3-6(15)4-8(13-23-25(19,20)21)24-12-11(18)10(17)9(16)7(5-14)22-12/h2,6-7,9-12,14-18H,1,3-5H2,(H,19,20,21)/b13-8-/t6-,7+,9-,10+,11+,12-/m0/s1. The van der Waals surface area contributed by atoms with Gasteiger partial charge in [-0.1, -0.05) is 23.0 Å². The van der Waals surface area contributed by atoms with E-state index in [9.17, 15) is 28.8 Å². The third-order valence-electron chi connectivity index (χ3n) is 3.18. The summed E-state index contributed by atoms with van der Waals surface area (Å²) in [5, 5.41) is 51.3. The Kier molecular flexibility index (Phi) is 8.73. The number of rotatable bonds is 8. The van der Waals surface area contributed by atoms with E-state index in [0.717, 1.165) is 0 Å². The first-order chi connectivity index (χ1) is 11.6. The predicted molar refractivity (Wildman–Crippen MR) is 86.9 cm³/mol. The number of aliphatic hydroxyl groups excluding tert-OH is 5. The minimum atomic E-state index is -4.89. The van der Waals surface area contributed by atoms with Crippen LogP contribution >= 0.6 is 11.8 Å². The molecule has 0 amide bonds. The summed E-state index contributed by atoms with van der Waals surface area (Å²) in [6, 6.07) is 0. The molecule has 1 aliphatic heterocycles. The molecule has 1 rings (SSSR count). The largest absolute Gasteiger partial charge is 0.466 e. The Hall–Kier alpha value is -0.770. The predicted octanol–water partition coefficient (Wildman–Crippen LogP) is -2.02. The van der Waals surface area contributed by atoms with E-state index in [4.69, 9.17) is 14.4 Å². The van der Waals surface area contributed by atoms with Crippen molar-refractivity contribution < 1.29 is 47.5 Å². The van der Waals surface area contributed by atoms with E-state index >= 15 is 0 Å². The lowest BCUT2D eigenvalue weighted by Crippen LogP contribution is -2.57. The van der Waals surface area contributed by atoms with Crippen molar-refractivity contribution >= 4 is 27.2 Å². The van der Waals surface area contributed by atoms with E-state index < -0.39 is 53.0 Å². The van der Waals surface area contributed by atoms with Crippen LogP contribution in [0.4, 0.5) is 0 Å². The topological polar surface area (TPSA) is 186 Å². The van der Waals surface area contributed by atoms with Crippen molar-refractivity contribution in [3.63, 3.8) is 0 Å². The Morgan fingerprint density at radius 3 is 2.48 bits per heavy atom. The summed E-state index contributed by atoms with van der Waals surface area (Å²) < 4.78 is 39.0. The van der Waals surface area contributed by atoms with E-state index in [0.29, 0.717) is 11.8 Å². The Morgan fingerprint density at radius 1 is 1.32 bits per heavy atom. The van der Waals surface area contributed by atoms with Gasteiger partial charge in [-0.3, -0.25) is 4.55 Å². The number of nitrogens with zero attached hydrogens (tertiary/aromatic N) is 1. The van der Waals surface area contributed by atoms with Crippen LogP contribution in [0.2, 0.25) is 0 Å². The van der Waals surface area contributed by atoms with Gasteiger partial charge in [0.1, 0.15) is 34.9 Å². The zero-order valence-corrected chi connectivity index (χ0v) is 14.6. The fourth-order valence-electron chi connectivity index (χ4n) is 1.97. The highest BCUT2D eigenvalue weighted by Crippen LogP contribution is 2.30. The van der Waals surface area contributed by atoms with Gasteiger partial charge in [0.2, 0.25) is 0 Å². The van der Waals surface area contributed by atoms with E-state index in [1.54, 1.807) is 0 Å². The van der Waals surface area contributed by atoms with Crippen molar-refractivity contribution in [2.24, 2.45) is 5.16 Å².